The number of nitrogens with zero attached hydrogens (tertiary/aromatic N) is 5. The second kappa shape index (κ2) is 7.40. The highest BCUT2D eigenvalue weighted by atomic mass is 32.2. The molecule has 8 heteroatoms. The van der Waals surface area contributed by atoms with Crippen molar-refractivity contribution >= 4 is 46.6 Å². The summed E-state index contributed by atoms with van der Waals surface area (Å²) >= 11 is 1.56. The number of aryl methyl sites for hydroxylation is 1. The first-order chi connectivity index (χ1) is 13.6. The largest absolute Gasteiger partial charge is 0.339 e. The van der Waals surface area contributed by atoms with Crippen molar-refractivity contribution in [3.8, 4) is 11.1 Å². The van der Waals surface area contributed by atoms with E-state index in [9.17, 15) is 4.39 Å². The second-order valence-corrected chi connectivity index (χ2v) is 6.99. The standard InChI is InChI=1S/C20H17FN6S/c1-22-16-5-4-14(8-18(16)28-3)26-20-19-15(21)6-12(7-17(19)23-11-24-20)13-9-25-27(2)10-13/h4-11H,1H2,2-3H3,(H,23,24,26). The Balaban J connectivity index is 1.77. The number of thioether (sulfide) groups is 1. The van der Waals surface area contributed by atoms with E-state index in [1.165, 1.54) is 12.4 Å². The molecule has 4 rings (SSSR count). The molecule has 0 aliphatic heterocycles. The van der Waals surface area contributed by atoms with Crippen LogP contribution in [-0.4, -0.2) is 32.7 Å². The van der Waals surface area contributed by atoms with Crippen molar-refractivity contribution in [2.45, 2.75) is 4.90 Å². The summed E-state index contributed by atoms with van der Waals surface area (Å²) in [4.78, 5) is 13.5. The summed E-state index contributed by atoms with van der Waals surface area (Å²) in [6.45, 7) is 3.58. The maximum Gasteiger partial charge on any atom is 0.144 e. The number of hydrogen-bond acceptors (Lipinski definition) is 6. The highest BCUT2D eigenvalue weighted by molar-refractivity contribution is 7.98. The zero-order valence-corrected chi connectivity index (χ0v) is 16.2. The number of anilines is 2. The summed E-state index contributed by atoms with van der Waals surface area (Å²) in [6.07, 6.45) is 6.92. The van der Waals surface area contributed by atoms with Gasteiger partial charge in [-0.2, -0.15) is 5.10 Å². The lowest BCUT2D eigenvalue weighted by Crippen LogP contribution is -1.98. The molecular formula is C20H17FN6S. The Morgan fingerprint density at radius 2 is 2.04 bits per heavy atom. The molecule has 1 N–H and O–H groups in total. The maximum absolute atomic E-state index is 15.0. The summed E-state index contributed by atoms with van der Waals surface area (Å²) in [5.74, 6) is 0.0144. The number of aromatic nitrogens is 4. The number of benzene rings is 2. The van der Waals surface area contributed by atoms with Crippen LogP contribution in [0.1, 0.15) is 0 Å². The van der Waals surface area contributed by atoms with Crippen molar-refractivity contribution in [3.63, 3.8) is 0 Å². The molecule has 0 bridgehead atoms. The van der Waals surface area contributed by atoms with E-state index < -0.39 is 5.82 Å². The van der Waals surface area contributed by atoms with Gasteiger partial charge in [0, 0.05) is 29.4 Å². The van der Waals surface area contributed by atoms with Crippen LogP contribution >= 0.6 is 11.8 Å². The van der Waals surface area contributed by atoms with Gasteiger partial charge in [-0.3, -0.25) is 9.67 Å². The number of nitrogens with one attached hydrogen (secondary N) is 1. The molecule has 2 heterocycles. The van der Waals surface area contributed by atoms with E-state index >= 15 is 0 Å². The fourth-order valence-corrected chi connectivity index (χ4v) is 3.58. The molecular weight excluding hydrogens is 375 g/mol. The third-order valence-electron chi connectivity index (χ3n) is 4.34. The monoisotopic (exact) mass is 392 g/mol. The van der Waals surface area contributed by atoms with Gasteiger partial charge in [0.1, 0.15) is 18.0 Å². The Labute approximate surface area is 165 Å². The van der Waals surface area contributed by atoms with Gasteiger partial charge in [0.15, 0.2) is 0 Å². The molecule has 140 valence electrons. The first-order valence-electron chi connectivity index (χ1n) is 8.44. The van der Waals surface area contributed by atoms with Crippen molar-refractivity contribution in [1.82, 2.24) is 19.7 Å². The minimum atomic E-state index is -0.395. The highest BCUT2D eigenvalue weighted by Gasteiger charge is 2.13. The number of fused-ring (bicyclic) bond motifs is 1. The van der Waals surface area contributed by atoms with Gasteiger partial charge in [0.05, 0.1) is 22.8 Å². The molecule has 2 aromatic heterocycles. The Morgan fingerprint density at radius 3 is 2.75 bits per heavy atom. The van der Waals surface area contributed by atoms with Crippen molar-refractivity contribution < 1.29 is 4.39 Å². The average molecular weight is 392 g/mol. The highest BCUT2D eigenvalue weighted by Crippen LogP contribution is 2.34. The Bertz CT molecular complexity index is 1190. The molecule has 0 saturated carbocycles. The van der Waals surface area contributed by atoms with Crippen LogP contribution in [0, 0.1) is 5.82 Å². The Kier molecular flexibility index (Phi) is 4.79. The Morgan fingerprint density at radius 1 is 1.18 bits per heavy atom. The van der Waals surface area contributed by atoms with Gasteiger partial charge >= 0.3 is 0 Å². The summed E-state index contributed by atoms with van der Waals surface area (Å²) in [5, 5.41) is 7.68. The first kappa shape index (κ1) is 18.1. The number of rotatable bonds is 5. The lowest BCUT2D eigenvalue weighted by atomic mass is 10.1. The van der Waals surface area contributed by atoms with Crippen LogP contribution in [0.25, 0.3) is 22.0 Å². The van der Waals surface area contributed by atoms with Crippen LogP contribution in [0.2, 0.25) is 0 Å². The van der Waals surface area contributed by atoms with E-state index in [0.717, 1.165) is 21.8 Å². The first-order valence-corrected chi connectivity index (χ1v) is 9.66. The molecule has 0 radical (unpaired) electrons. The minimum Gasteiger partial charge on any atom is -0.339 e. The minimum absolute atomic E-state index is 0.340. The van der Waals surface area contributed by atoms with Crippen LogP contribution < -0.4 is 5.32 Å². The van der Waals surface area contributed by atoms with Crippen molar-refractivity contribution in [2.75, 3.05) is 11.6 Å². The van der Waals surface area contributed by atoms with Crippen molar-refractivity contribution in [1.29, 1.82) is 0 Å². The van der Waals surface area contributed by atoms with Crippen LogP contribution in [0.3, 0.4) is 0 Å². The van der Waals surface area contributed by atoms with Crippen molar-refractivity contribution in [2.24, 2.45) is 12.0 Å². The molecule has 0 aliphatic rings. The van der Waals surface area contributed by atoms with Gasteiger partial charge in [-0.15, -0.1) is 11.8 Å². The van der Waals surface area contributed by atoms with Gasteiger partial charge in [0.25, 0.3) is 0 Å². The third kappa shape index (κ3) is 3.34. The van der Waals surface area contributed by atoms with E-state index in [4.69, 9.17) is 0 Å². The number of halogens is 1. The normalized spacial score (nSPS) is 11.0. The van der Waals surface area contributed by atoms with E-state index in [1.54, 1.807) is 22.6 Å². The summed E-state index contributed by atoms with van der Waals surface area (Å²) in [6, 6.07) is 8.97. The van der Waals surface area contributed by atoms with E-state index in [0.29, 0.717) is 22.3 Å². The molecule has 0 unspecified atom stereocenters. The molecule has 4 aromatic rings. The van der Waals surface area contributed by atoms with E-state index in [2.05, 4.69) is 32.1 Å². The fourth-order valence-electron chi connectivity index (χ4n) is 3.00. The van der Waals surface area contributed by atoms with Gasteiger partial charge in [-0.05, 0) is 48.9 Å². The van der Waals surface area contributed by atoms with Gasteiger partial charge in [-0.25, -0.2) is 14.4 Å². The smallest absolute Gasteiger partial charge is 0.144 e. The van der Waals surface area contributed by atoms with E-state index in [-0.39, 0.29) is 0 Å². The molecule has 0 aliphatic carbocycles. The lowest BCUT2D eigenvalue weighted by molar-refractivity contribution is 0.640. The maximum atomic E-state index is 15.0. The zero-order chi connectivity index (χ0) is 19.7. The molecule has 0 atom stereocenters. The topological polar surface area (TPSA) is 68.0 Å². The summed E-state index contributed by atoms with van der Waals surface area (Å²) in [5.41, 5.74) is 3.65. The van der Waals surface area contributed by atoms with E-state index in [1.807, 2.05) is 43.8 Å². The molecule has 2 aromatic carbocycles. The third-order valence-corrected chi connectivity index (χ3v) is 5.11. The predicted octanol–water partition coefficient (Wildman–Crippen LogP) is 4.97. The van der Waals surface area contributed by atoms with Crippen molar-refractivity contribution in [3.05, 3.63) is 54.9 Å². The molecule has 0 fully saturated rings. The molecule has 28 heavy (non-hydrogen) atoms. The Hall–Kier alpha value is -3.26. The average Bonchev–Trinajstić information content (AvgIpc) is 3.14. The van der Waals surface area contributed by atoms with Crippen LogP contribution in [0.4, 0.5) is 21.6 Å². The zero-order valence-electron chi connectivity index (χ0n) is 15.3. The van der Waals surface area contributed by atoms with Gasteiger partial charge in [0.2, 0.25) is 0 Å². The number of aliphatic imine (C=N–C) groups is 1. The summed E-state index contributed by atoms with van der Waals surface area (Å²) < 4.78 is 16.7. The summed E-state index contributed by atoms with van der Waals surface area (Å²) in [7, 11) is 1.82. The van der Waals surface area contributed by atoms with Crippen LogP contribution in [-0.2, 0) is 7.05 Å². The lowest BCUT2D eigenvalue weighted by Gasteiger charge is -2.12. The molecule has 0 saturated heterocycles. The van der Waals surface area contributed by atoms with Crippen LogP contribution in [0.15, 0.2) is 58.9 Å². The molecule has 6 nitrogen and oxygen atoms in total. The molecule has 0 amide bonds. The predicted molar refractivity (Wildman–Crippen MR) is 112 cm³/mol. The second-order valence-electron chi connectivity index (χ2n) is 6.15. The van der Waals surface area contributed by atoms with Gasteiger partial charge in [-0.1, -0.05) is 0 Å². The molecule has 0 spiro atoms. The number of hydrogen-bond donors (Lipinski definition) is 1. The van der Waals surface area contributed by atoms with Crippen LogP contribution in [0.5, 0.6) is 0 Å². The fraction of sp³-hybridized carbons (Fsp3) is 0.100. The SMILES string of the molecule is C=Nc1ccc(Nc2ncnc3cc(-c4cnn(C)c4)cc(F)c23)cc1SC. The van der Waals surface area contributed by atoms with Gasteiger partial charge < -0.3 is 5.32 Å². The quantitative estimate of drug-likeness (QED) is 0.384.